The third-order valence-corrected chi connectivity index (χ3v) is 3.80. The van der Waals surface area contributed by atoms with Gasteiger partial charge in [0, 0.05) is 22.8 Å². The summed E-state index contributed by atoms with van der Waals surface area (Å²) >= 11 is 3.19. The Morgan fingerprint density at radius 3 is 2.68 bits per heavy atom. The second-order valence-corrected chi connectivity index (χ2v) is 5.59. The van der Waals surface area contributed by atoms with Crippen LogP contribution in [0.25, 0.3) is 0 Å². The summed E-state index contributed by atoms with van der Waals surface area (Å²) in [4.78, 5) is 0. The van der Waals surface area contributed by atoms with Crippen molar-refractivity contribution < 1.29 is 17.9 Å². The molecule has 0 aliphatic carbocycles. The number of nitrogens with one attached hydrogen (secondary N) is 1. The molecule has 2 unspecified atom stereocenters. The number of ether oxygens (including phenoxy) is 1. The molecule has 1 saturated heterocycles. The van der Waals surface area contributed by atoms with Gasteiger partial charge >= 0.3 is 6.18 Å². The molecule has 2 nitrogen and oxygen atoms in total. The highest BCUT2D eigenvalue weighted by atomic mass is 79.9. The second kappa shape index (κ2) is 5.71. The highest BCUT2D eigenvalue weighted by Gasteiger charge is 2.31. The average Bonchev–Trinajstić information content (AvgIpc) is 2.30. The summed E-state index contributed by atoms with van der Waals surface area (Å²) in [6.07, 6.45) is -2.42. The largest absolute Gasteiger partial charge is 0.416 e. The molecule has 1 aliphatic rings. The molecular weight excluding hydrogens is 323 g/mol. The first kappa shape index (κ1) is 14.7. The van der Waals surface area contributed by atoms with Crippen molar-refractivity contribution >= 4 is 21.6 Å². The fraction of sp³-hybridized carbons (Fsp3) is 0.538. The maximum absolute atomic E-state index is 12.6. The Balaban J connectivity index is 2.09. The van der Waals surface area contributed by atoms with E-state index in [1.165, 1.54) is 6.07 Å². The first-order chi connectivity index (χ1) is 8.86. The Labute approximate surface area is 118 Å². The topological polar surface area (TPSA) is 21.3 Å². The highest BCUT2D eigenvalue weighted by Crippen LogP contribution is 2.34. The monoisotopic (exact) mass is 337 g/mol. The van der Waals surface area contributed by atoms with Gasteiger partial charge in [-0.3, -0.25) is 0 Å². The maximum Gasteiger partial charge on any atom is 0.416 e. The number of alkyl halides is 3. The molecule has 0 spiro atoms. The van der Waals surface area contributed by atoms with Gasteiger partial charge in [0.1, 0.15) is 0 Å². The highest BCUT2D eigenvalue weighted by molar-refractivity contribution is 9.10. The van der Waals surface area contributed by atoms with E-state index in [4.69, 9.17) is 4.74 Å². The van der Waals surface area contributed by atoms with Gasteiger partial charge in [-0.05, 0) is 53.9 Å². The van der Waals surface area contributed by atoms with Gasteiger partial charge < -0.3 is 10.1 Å². The molecular formula is C13H15BrF3NO. The Hall–Kier alpha value is -0.750. The van der Waals surface area contributed by atoms with E-state index in [0.717, 1.165) is 25.0 Å². The van der Waals surface area contributed by atoms with Gasteiger partial charge in [0.2, 0.25) is 0 Å². The van der Waals surface area contributed by atoms with Crippen molar-refractivity contribution in [3.05, 3.63) is 28.2 Å². The summed E-state index contributed by atoms with van der Waals surface area (Å²) in [5.74, 6) is 0. The molecule has 2 atom stereocenters. The lowest BCUT2D eigenvalue weighted by molar-refractivity contribution is -0.137. The van der Waals surface area contributed by atoms with Crippen LogP contribution >= 0.6 is 15.9 Å². The molecule has 0 bridgehead atoms. The van der Waals surface area contributed by atoms with Crippen molar-refractivity contribution in [2.24, 2.45) is 0 Å². The lowest BCUT2D eigenvalue weighted by Crippen LogP contribution is -2.32. The SMILES string of the molecule is CC1CC(Nc2ccc(C(F)(F)F)cc2Br)CCO1. The maximum atomic E-state index is 12.6. The number of benzene rings is 1. The number of hydrogen-bond donors (Lipinski definition) is 1. The smallest absolute Gasteiger partial charge is 0.381 e. The molecule has 19 heavy (non-hydrogen) atoms. The lowest BCUT2D eigenvalue weighted by atomic mass is 10.0. The minimum Gasteiger partial charge on any atom is -0.381 e. The van der Waals surface area contributed by atoms with Crippen molar-refractivity contribution in [3.8, 4) is 0 Å². The minimum absolute atomic E-state index is 0.180. The third-order valence-electron chi connectivity index (χ3n) is 3.14. The summed E-state index contributed by atoms with van der Waals surface area (Å²) < 4.78 is 43.5. The van der Waals surface area contributed by atoms with Crippen LogP contribution in [-0.2, 0) is 10.9 Å². The van der Waals surface area contributed by atoms with Crippen molar-refractivity contribution in [3.63, 3.8) is 0 Å². The Kier molecular flexibility index (Phi) is 4.40. The Bertz CT molecular complexity index is 450. The zero-order valence-corrected chi connectivity index (χ0v) is 12.0. The van der Waals surface area contributed by atoms with E-state index >= 15 is 0 Å². The Morgan fingerprint density at radius 2 is 2.11 bits per heavy atom. The average molecular weight is 338 g/mol. The molecule has 2 rings (SSSR count). The quantitative estimate of drug-likeness (QED) is 0.860. The van der Waals surface area contributed by atoms with Crippen molar-refractivity contribution in [2.75, 3.05) is 11.9 Å². The van der Waals surface area contributed by atoms with Crippen LogP contribution in [0.5, 0.6) is 0 Å². The number of anilines is 1. The van der Waals surface area contributed by atoms with Crippen LogP contribution in [0.4, 0.5) is 18.9 Å². The second-order valence-electron chi connectivity index (χ2n) is 4.74. The minimum atomic E-state index is -4.31. The van der Waals surface area contributed by atoms with E-state index in [-0.39, 0.29) is 12.1 Å². The van der Waals surface area contributed by atoms with Crippen LogP contribution in [0.2, 0.25) is 0 Å². The zero-order valence-electron chi connectivity index (χ0n) is 10.4. The molecule has 1 aromatic rings. The number of rotatable bonds is 2. The molecule has 0 saturated carbocycles. The van der Waals surface area contributed by atoms with Gasteiger partial charge in [-0.15, -0.1) is 0 Å². The summed E-state index contributed by atoms with van der Waals surface area (Å²) in [7, 11) is 0. The number of hydrogen-bond acceptors (Lipinski definition) is 2. The summed E-state index contributed by atoms with van der Waals surface area (Å²) in [5.41, 5.74) is 0.0392. The van der Waals surface area contributed by atoms with E-state index in [1.54, 1.807) is 0 Å². The first-order valence-corrected chi connectivity index (χ1v) is 6.90. The molecule has 1 fully saturated rings. The summed E-state index contributed by atoms with van der Waals surface area (Å²) in [6.45, 7) is 2.67. The van der Waals surface area contributed by atoms with E-state index in [2.05, 4.69) is 21.2 Å². The molecule has 0 amide bonds. The van der Waals surface area contributed by atoms with Gasteiger partial charge in [0.15, 0.2) is 0 Å². The van der Waals surface area contributed by atoms with Crippen LogP contribution in [-0.4, -0.2) is 18.8 Å². The molecule has 1 aliphatic heterocycles. The Morgan fingerprint density at radius 1 is 1.37 bits per heavy atom. The molecule has 1 aromatic carbocycles. The molecule has 0 aromatic heterocycles. The lowest BCUT2D eigenvalue weighted by Gasteiger charge is -2.29. The van der Waals surface area contributed by atoms with Crippen molar-refractivity contribution in [2.45, 2.75) is 38.1 Å². The van der Waals surface area contributed by atoms with Crippen LogP contribution in [0, 0.1) is 0 Å². The van der Waals surface area contributed by atoms with Gasteiger partial charge in [0.25, 0.3) is 0 Å². The van der Waals surface area contributed by atoms with Crippen LogP contribution in [0.3, 0.4) is 0 Å². The van der Waals surface area contributed by atoms with E-state index < -0.39 is 11.7 Å². The van der Waals surface area contributed by atoms with Gasteiger partial charge in [-0.2, -0.15) is 13.2 Å². The van der Waals surface area contributed by atoms with Crippen LogP contribution in [0.1, 0.15) is 25.3 Å². The van der Waals surface area contributed by atoms with Gasteiger partial charge in [0.05, 0.1) is 11.7 Å². The van der Waals surface area contributed by atoms with E-state index in [9.17, 15) is 13.2 Å². The molecule has 106 valence electrons. The van der Waals surface area contributed by atoms with Crippen LogP contribution < -0.4 is 5.32 Å². The van der Waals surface area contributed by atoms with Crippen LogP contribution in [0.15, 0.2) is 22.7 Å². The number of halogens is 4. The van der Waals surface area contributed by atoms with Crippen molar-refractivity contribution in [1.82, 2.24) is 0 Å². The fourth-order valence-electron chi connectivity index (χ4n) is 2.16. The van der Waals surface area contributed by atoms with E-state index in [0.29, 0.717) is 16.8 Å². The predicted octanol–water partition coefficient (Wildman–Crippen LogP) is 4.45. The summed E-state index contributed by atoms with van der Waals surface area (Å²) in [6, 6.07) is 3.89. The fourth-order valence-corrected chi connectivity index (χ4v) is 2.65. The molecule has 1 heterocycles. The normalized spacial score (nSPS) is 24.3. The standard InChI is InChI=1S/C13H15BrF3NO/c1-8-6-10(4-5-19-8)18-12-3-2-9(7-11(12)14)13(15,16)17/h2-3,7-8,10,18H,4-6H2,1H3. The molecule has 6 heteroatoms. The third kappa shape index (κ3) is 3.86. The van der Waals surface area contributed by atoms with Gasteiger partial charge in [-0.25, -0.2) is 0 Å². The summed E-state index contributed by atoms with van der Waals surface area (Å²) in [5, 5.41) is 3.26. The van der Waals surface area contributed by atoms with Gasteiger partial charge in [-0.1, -0.05) is 0 Å². The first-order valence-electron chi connectivity index (χ1n) is 6.11. The molecule has 0 radical (unpaired) electrons. The van der Waals surface area contributed by atoms with E-state index in [1.807, 2.05) is 6.92 Å². The molecule has 1 N–H and O–H groups in total. The predicted molar refractivity (Wildman–Crippen MR) is 71.2 cm³/mol. The zero-order chi connectivity index (χ0) is 14.0. The van der Waals surface area contributed by atoms with Crippen molar-refractivity contribution in [1.29, 1.82) is 0 Å².